The molecule has 1 aromatic rings. The predicted octanol–water partition coefficient (Wildman–Crippen LogP) is 3.77. The van der Waals surface area contributed by atoms with Crippen LogP contribution in [-0.2, 0) is 0 Å². The van der Waals surface area contributed by atoms with Crippen LogP contribution < -0.4 is 4.90 Å². The number of anilines is 1. The van der Waals surface area contributed by atoms with Gasteiger partial charge < -0.3 is 4.90 Å². The molecule has 0 N–H and O–H groups in total. The van der Waals surface area contributed by atoms with Gasteiger partial charge in [-0.25, -0.2) is 4.99 Å². The molecule has 0 aromatic heterocycles. The first-order chi connectivity index (χ1) is 7.84. The minimum atomic E-state index is 0.340. The second-order valence-corrected chi connectivity index (χ2v) is 5.48. The monoisotopic (exact) mass is 292 g/mol. The maximum absolute atomic E-state index is 4.27. The maximum Gasteiger partial charge on any atom is 0.112 e. The number of nitrogens with zero attached hydrogens (tertiary/aromatic N) is 2. The highest BCUT2D eigenvalue weighted by molar-refractivity contribution is 9.10. The predicted molar refractivity (Wildman–Crippen MR) is 73.7 cm³/mol. The number of aliphatic imine (C=N–C) groups is 1. The third-order valence-electron chi connectivity index (χ3n) is 2.53. The molecule has 1 unspecified atom stereocenters. The van der Waals surface area contributed by atoms with E-state index >= 15 is 0 Å². The van der Waals surface area contributed by atoms with E-state index in [0.29, 0.717) is 5.37 Å². The molecule has 3 rings (SSSR count). The van der Waals surface area contributed by atoms with Crippen LogP contribution in [0.3, 0.4) is 0 Å². The molecule has 0 radical (unpaired) electrons. The lowest BCUT2D eigenvalue weighted by atomic mass is 10.2. The Labute approximate surface area is 107 Å². The summed E-state index contributed by atoms with van der Waals surface area (Å²) in [6.07, 6.45) is 5.93. The van der Waals surface area contributed by atoms with Crippen LogP contribution in [0.15, 0.2) is 57.0 Å². The van der Waals surface area contributed by atoms with E-state index in [1.807, 2.05) is 24.7 Å². The highest BCUT2D eigenvalue weighted by Gasteiger charge is 2.26. The molecule has 0 fully saturated rings. The smallest absolute Gasteiger partial charge is 0.112 e. The SMILES string of the molecule is Brc1cccc(N2C=NC=C3C=CSC32)c1. The molecule has 0 saturated carbocycles. The fraction of sp³-hybridized carbons (Fsp3) is 0.0833. The molecule has 1 aromatic carbocycles. The van der Waals surface area contributed by atoms with E-state index < -0.39 is 0 Å². The summed E-state index contributed by atoms with van der Waals surface area (Å²) in [5, 5.41) is 2.46. The summed E-state index contributed by atoms with van der Waals surface area (Å²) in [4.78, 5) is 6.45. The molecule has 0 bridgehead atoms. The maximum atomic E-state index is 4.27. The van der Waals surface area contributed by atoms with Gasteiger partial charge in [0.15, 0.2) is 0 Å². The van der Waals surface area contributed by atoms with E-state index in [2.05, 4.69) is 49.4 Å². The van der Waals surface area contributed by atoms with Gasteiger partial charge in [-0.05, 0) is 29.7 Å². The number of fused-ring (bicyclic) bond motifs is 1. The Morgan fingerprint density at radius 2 is 2.31 bits per heavy atom. The van der Waals surface area contributed by atoms with Crippen molar-refractivity contribution in [3.05, 3.63) is 52.0 Å². The Morgan fingerprint density at radius 1 is 1.38 bits per heavy atom. The zero-order valence-electron chi connectivity index (χ0n) is 8.38. The van der Waals surface area contributed by atoms with Gasteiger partial charge >= 0.3 is 0 Å². The van der Waals surface area contributed by atoms with Crippen molar-refractivity contribution in [3.63, 3.8) is 0 Å². The van der Waals surface area contributed by atoms with Gasteiger partial charge in [-0.1, -0.05) is 22.0 Å². The second-order valence-electron chi connectivity index (χ2n) is 3.57. The highest BCUT2D eigenvalue weighted by atomic mass is 79.9. The molecular weight excluding hydrogens is 284 g/mol. The average molecular weight is 293 g/mol. The van der Waals surface area contributed by atoms with Crippen LogP contribution in [0.2, 0.25) is 0 Å². The van der Waals surface area contributed by atoms with Crippen LogP contribution in [0.4, 0.5) is 5.69 Å². The van der Waals surface area contributed by atoms with E-state index in [1.54, 1.807) is 11.8 Å². The molecule has 1 atom stereocenters. The summed E-state index contributed by atoms with van der Waals surface area (Å²) in [5.41, 5.74) is 2.41. The second kappa shape index (κ2) is 4.11. The van der Waals surface area contributed by atoms with Gasteiger partial charge in [0.05, 0.1) is 6.34 Å². The van der Waals surface area contributed by atoms with Crippen molar-refractivity contribution >= 4 is 39.7 Å². The summed E-state index contributed by atoms with van der Waals surface area (Å²) in [6, 6.07) is 8.27. The van der Waals surface area contributed by atoms with Gasteiger partial charge in [0.2, 0.25) is 0 Å². The van der Waals surface area contributed by atoms with Crippen LogP contribution in [0.5, 0.6) is 0 Å². The fourth-order valence-electron chi connectivity index (χ4n) is 1.78. The fourth-order valence-corrected chi connectivity index (χ4v) is 3.15. The number of benzene rings is 1. The minimum absolute atomic E-state index is 0.340. The topological polar surface area (TPSA) is 15.6 Å². The average Bonchev–Trinajstić information content (AvgIpc) is 2.76. The third kappa shape index (κ3) is 1.72. The first kappa shape index (κ1) is 10.2. The van der Waals surface area contributed by atoms with Crippen molar-refractivity contribution in [2.75, 3.05) is 4.90 Å². The molecule has 0 amide bonds. The van der Waals surface area contributed by atoms with Gasteiger partial charge in [-0.3, -0.25) is 0 Å². The number of hydrogen-bond donors (Lipinski definition) is 0. The molecule has 2 heterocycles. The summed E-state index contributed by atoms with van der Waals surface area (Å²) >= 11 is 5.30. The quantitative estimate of drug-likeness (QED) is 0.783. The van der Waals surface area contributed by atoms with E-state index in [4.69, 9.17) is 0 Å². The van der Waals surface area contributed by atoms with Crippen molar-refractivity contribution in [1.82, 2.24) is 0 Å². The van der Waals surface area contributed by atoms with Crippen molar-refractivity contribution in [1.29, 1.82) is 0 Å². The third-order valence-corrected chi connectivity index (χ3v) is 4.07. The number of thioether (sulfide) groups is 1. The molecule has 0 saturated heterocycles. The van der Waals surface area contributed by atoms with Crippen LogP contribution in [0.25, 0.3) is 0 Å². The molecule has 16 heavy (non-hydrogen) atoms. The largest absolute Gasteiger partial charge is 0.315 e. The lowest BCUT2D eigenvalue weighted by Crippen LogP contribution is -2.33. The lowest BCUT2D eigenvalue weighted by molar-refractivity contribution is 1.03. The Kier molecular flexibility index (Phi) is 2.61. The van der Waals surface area contributed by atoms with Crippen LogP contribution in [0.1, 0.15) is 0 Å². The summed E-state index contributed by atoms with van der Waals surface area (Å²) in [6.45, 7) is 0. The van der Waals surface area contributed by atoms with Gasteiger partial charge in [0, 0.05) is 21.9 Å². The van der Waals surface area contributed by atoms with Gasteiger partial charge in [0.1, 0.15) is 5.37 Å². The molecular formula is C12H9BrN2S. The van der Waals surface area contributed by atoms with Gasteiger partial charge in [-0.15, -0.1) is 11.8 Å². The summed E-state index contributed by atoms with van der Waals surface area (Å²) < 4.78 is 1.09. The Balaban J connectivity index is 1.97. The van der Waals surface area contributed by atoms with Crippen molar-refractivity contribution in [2.45, 2.75) is 5.37 Å². The van der Waals surface area contributed by atoms with Crippen LogP contribution in [-0.4, -0.2) is 11.7 Å². The van der Waals surface area contributed by atoms with Crippen LogP contribution in [0, 0.1) is 0 Å². The first-order valence-corrected chi connectivity index (χ1v) is 6.67. The minimum Gasteiger partial charge on any atom is -0.315 e. The Morgan fingerprint density at radius 3 is 3.19 bits per heavy atom. The Hall–Kier alpha value is -1.000. The summed E-state index contributed by atoms with van der Waals surface area (Å²) in [5.74, 6) is 0. The molecule has 0 aliphatic carbocycles. The highest BCUT2D eigenvalue weighted by Crippen LogP contribution is 2.36. The molecule has 2 aliphatic heterocycles. The first-order valence-electron chi connectivity index (χ1n) is 4.94. The Bertz CT molecular complexity index is 507. The number of hydrogen-bond acceptors (Lipinski definition) is 3. The zero-order valence-corrected chi connectivity index (χ0v) is 10.8. The molecule has 80 valence electrons. The molecule has 2 aliphatic rings. The summed E-state index contributed by atoms with van der Waals surface area (Å²) in [7, 11) is 0. The van der Waals surface area contributed by atoms with E-state index in [1.165, 1.54) is 5.57 Å². The number of halogens is 1. The van der Waals surface area contributed by atoms with Gasteiger partial charge in [-0.2, -0.15) is 0 Å². The molecule has 4 heteroatoms. The number of rotatable bonds is 1. The van der Waals surface area contributed by atoms with Crippen molar-refractivity contribution in [3.8, 4) is 0 Å². The molecule has 0 spiro atoms. The van der Waals surface area contributed by atoms with Gasteiger partial charge in [0.25, 0.3) is 0 Å². The van der Waals surface area contributed by atoms with E-state index in [9.17, 15) is 0 Å². The zero-order chi connectivity index (χ0) is 11.0. The van der Waals surface area contributed by atoms with Crippen molar-refractivity contribution in [2.24, 2.45) is 4.99 Å². The molecule has 2 nitrogen and oxygen atoms in total. The standard InChI is InChI=1S/C12H9BrN2S/c13-10-2-1-3-11(6-10)15-8-14-7-9-4-5-16-12(9)15/h1-8,12H. The van der Waals surface area contributed by atoms with Crippen molar-refractivity contribution < 1.29 is 0 Å². The van der Waals surface area contributed by atoms with E-state index in [-0.39, 0.29) is 0 Å². The lowest BCUT2D eigenvalue weighted by Gasteiger charge is -2.29. The van der Waals surface area contributed by atoms with E-state index in [0.717, 1.165) is 10.2 Å². The van der Waals surface area contributed by atoms with Crippen LogP contribution >= 0.6 is 27.7 Å². The normalized spacial score (nSPS) is 22.2.